The lowest BCUT2D eigenvalue weighted by Crippen LogP contribution is -2.48. The van der Waals surface area contributed by atoms with Gasteiger partial charge in [0.1, 0.15) is 21.5 Å². The number of carbonyl (C=O) groups excluding carboxylic acids is 3. The summed E-state index contributed by atoms with van der Waals surface area (Å²) in [7, 11) is -3.47. The fraction of sp³-hybridized carbons (Fsp3) is 0.217. The molecular weight excluding hydrogens is 448 g/mol. The first kappa shape index (κ1) is 22.4. The van der Waals surface area contributed by atoms with Crippen molar-refractivity contribution in [3.05, 3.63) is 75.6 Å². The number of sulfone groups is 1. The maximum absolute atomic E-state index is 13.2. The van der Waals surface area contributed by atoms with Crippen molar-refractivity contribution in [2.45, 2.75) is 19.4 Å². The fourth-order valence-corrected chi connectivity index (χ4v) is 4.47. The maximum atomic E-state index is 13.2. The number of amides is 3. The standard InChI is InChI=1S/C23H20N2O7S/c1-13-11-20(26)32-19-12-14(7-8-15(13)19)24-21(27)18(9-10-33(2,30)31)25-22(28)16-5-3-4-6-17(16)23(25)29/h3-8,11-12,18H,9-10H2,1-2H3,(H,24,27). The van der Waals surface area contributed by atoms with Gasteiger partial charge in [0.15, 0.2) is 0 Å². The number of carbonyl (C=O) groups is 3. The number of hydrogen-bond acceptors (Lipinski definition) is 7. The topological polar surface area (TPSA) is 131 Å². The molecule has 0 saturated heterocycles. The van der Waals surface area contributed by atoms with E-state index in [2.05, 4.69) is 5.32 Å². The molecule has 170 valence electrons. The number of rotatable bonds is 6. The van der Waals surface area contributed by atoms with Gasteiger partial charge >= 0.3 is 5.63 Å². The van der Waals surface area contributed by atoms with E-state index in [9.17, 15) is 27.6 Å². The Labute approximate surface area is 188 Å². The average molecular weight is 468 g/mol. The van der Waals surface area contributed by atoms with Crippen molar-refractivity contribution in [2.24, 2.45) is 0 Å². The minimum absolute atomic E-state index is 0.155. The number of nitrogens with zero attached hydrogens (tertiary/aromatic N) is 1. The predicted molar refractivity (Wildman–Crippen MR) is 121 cm³/mol. The van der Waals surface area contributed by atoms with Crippen LogP contribution in [0.25, 0.3) is 11.0 Å². The normalized spacial score (nSPS) is 14.4. The van der Waals surface area contributed by atoms with E-state index in [0.717, 1.165) is 11.2 Å². The summed E-state index contributed by atoms with van der Waals surface area (Å²) in [6.07, 6.45) is 0.746. The molecule has 1 aliphatic rings. The Morgan fingerprint density at radius 2 is 1.67 bits per heavy atom. The summed E-state index contributed by atoms with van der Waals surface area (Å²) in [6, 6.07) is 10.9. The maximum Gasteiger partial charge on any atom is 0.336 e. The Hall–Kier alpha value is -3.79. The fourth-order valence-electron chi connectivity index (χ4n) is 3.82. The molecule has 9 nitrogen and oxygen atoms in total. The second kappa shape index (κ2) is 8.28. The molecule has 0 fully saturated rings. The molecule has 1 unspecified atom stereocenters. The van der Waals surface area contributed by atoms with Crippen LogP contribution in [-0.2, 0) is 14.6 Å². The van der Waals surface area contributed by atoms with Crippen LogP contribution < -0.4 is 10.9 Å². The third-order valence-corrected chi connectivity index (χ3v) is 6.40. The Bertz CT molecular complexity index is 1440. The minimum Gasteiger partial charge on any atom is -0.423 e. The largest absolute Gasteiger partial charge is 0.423 e. The van der Waals surface area contributed by atoms with Gasteiger partial charge in [0.05, 0.1) is 16.9 Å². The van der Waals surface area contributed by atoms with E-state index in [1.54, 1.807) is 31.2 Å². The second-order valence-electron chi connectivity index (χ2n) is 7.91. The number of nitrogens with one attached hydrogen (secondary N) is 1. The highest BCUT2D eigenvalue weighted by Gasteiger charge is 2.42. The molecule has 2 aromatic carbocycles. The number of anilines is 1. The highest BCUT2D eigenvalue weighted by atomic mass is 32.2. The summed E-state index contributed by atoms with van der Waals surface area (Å²) in [4.78, 5) is 51.5. The lowest BCUT2D eigenvalue weighted by atomic mass is 10.1. The molecule has 3 amide bonds. The van der Waals surface area contributed by atoms with Crippen molar-refractivity contribution in [3.8, 4) is 0 Å². The SMILES string of the molecule is Cc1cc(=O)oc2cc(NC(=O)C(CCS(C)(=O)=O)N3C(=O)c4ccccc4C3=O)ccc12. The summed E-state index contributed by atoms with van der Waals surface area (Å²) >= 11 is 0. The van der Waals surface area contributed by atoms with E-state index in [-0.39, 0.29) is 28.8 Å². The number of benzene rings is 2. The average Bonchev–Trinajstić information content (AvgIpc) is 2.98. The van der Waals surface area contributed by atoms with Crippen LogP contribution >= 0.6 is 0 Å². The number of hydrogen-bond donors (Lipinski definition) is 1. The first-order chi connectivity index (χ1) is 15.5. The second-order valence-corrected chi connectivity index (χ2v) is 10.2. The summed E-state index contributed by atoms with van der Waals surface area (Å²) < 4.78 is 28.7. The molecule has 1 aromatic heterocycles. The summed E-state index contributed by atoms with van der Waals surface area (Å²) in [6.45, 7) is 1.75. The highest BCUT2D eigenvalue weighted by Crippen LogP contribution is 2.27. The highest BCUT2D eigenvalue weighted by molar-refractivity contribution is 7.90. The zero-order valence-electron chi connectivity index (χ0n) is 17.8. The monoisotopic (exact) mass is 468 g/mol. The first-order valence-electron chi connectivity index (χ1n) is 10.1. The Morgan fingerprint density at radius 1 is 1.03 bits per heavy atom. The van der Waals surface area contributed by atoms with Crippen molar-refractivity contribution in [1.29, 1.82) is 0 Å². The Balaban J connectivity index is 1.67. The van der Waals surface area contributed by atoms with Crippen molar-refractivity contribution in [2.75, 3.05) is 17.3 Å². The summed E-state index contributed by atoms with van der Waals surface area (Å²) in [5, 5.41) is 3.29. The lowest BCUT2D eigenvalue weighted by Gasteiger charge is -2.25. The molecule has 1 atom stereocenters. The molecule has 0 radical (unpaired) electrons. The Kier molecular flexibility index (Phi) is 5.62. The molecule has 33 heavy (non-hydrogen) atoms. The van der Waals surface area contributed by atoms with Crippen LogP contribution in [0.4, 0.5) is 5.69 Å². The zero-order valence-corrected chi connectivity index (χ0v) is 18.6. The molecule has 0 spiro atoms. The molecular formula is C23H20N2O7S. The van der Waals surface area contributed by atoms with Crippen LogP contribution in [0.15, 0.2) is 57.7 Å². The van der Waals surface area contributed by atoms with E-state index >= 15 is 0 Å². The van der Waals surface area contributed by atoms with Crippen molar-refractivity contribution in [1.82, 2.24) is 4.90 Å². The number of fused-ring (bicyclic) bond motifs is 2. The smallest absolute Gasteiger partial charge is 0.336 e. The molecule has 1 N–H and O–H groups in total. The molecule has 1 aliphatic heterocycles. The van der Waals surface area contributed by atoms with Gasteiger partial charge in [-0.1, -0.05) is 12.1 Å². The van der Waals surface area contributed by atoms with Crippen molar-refractivity contribution in [3.63, 3.8) is 0 Å². The van der Waals surface area contributed by atoms with Gasteiger partial charge in [-0.2, -0.15) is 0 Å². The summed E-state index contributed by atoms with van der Waals surface area (Å²) in [5.74, 6) is -2.46. The van der Waals surface area contributed by atoms with Gasteiger partial charge in [-0.05, 0) is 43.2 Å². The zero-order chi connectivity index (χ0) is 23.9. The van der Waals surface area contributed by atoms with Crippen LogP contribution in [0, 0.1) is 6.92 Å². The first-order valence-corrected chi connectivity index (χ1v) is 12.1. The lowest BCUT2D eigenvalue weighted by molar-refractivity contribution is -0.120. The van der Waals surface area contributed by atoms with Gasteiger partial charge in [0.25, 0.3) is 11.8 Å². The molecule has 2 heterocycles. The third kappa shape index (κ3) is 4.42. The summed E-state index contributed by atoms with van der Waals surface area (Å²) in [5.41, 5.74) is 0.996. The van der Waals surface area contributed by atoms with Crippen molar-refractivity contribution < 1.29 is 27.2 Å². The van der Waals surface area contributed by atoms with Crippen molar-refractivity contribution >= 4 is 44.2 Å². The third-order valence-electron chi connectivity index (χ3n) is 5.42. The quantitative estimate of drug-likeness (QED) is 0.433. The molecule has 4 rings (SSSR count). The van der Waals surface area contributed by atoms with E-state index in [4.69, 9.17) is 4.42 Å². The molecule has 0 aliphatic carbocycles. The number of aryl methyl sites for hydroxylation is 1. The molecule has 0 saturated carbocycles. The van der Waals surface area contributed by atoms with Crippen LogP contribution in [0.2, 0.25) is 0 Å². The minimum atomic E-state index is -3.47. The Morgan fingerprint density at radius 3 is 2.27 bits per heavy atom. The van der Waals surface area contributed by atoms with E-state index in [0.29, 0.717) is 10.9 Å². The van der Waals surface area contributed by atoms with Gasteiger partial charge < -0.3 is 9.73 Å². The van der Waals surface area contributed by atoms with Gasteiger partial charge in [-0.25, -0.2) is 13.2 Å². The molecule has 3 aromatic rings. The number of imide groups is 1. The van der Waals surface area contributed by atoms with E-state index < -0.39 is 45.0 Å². The van der Waals surface area contributed by atoms with E-state index in [1.807, 2.05) is 0 Å². The van der Waals surface area contributed by atoms with Crippen LogP contribution in [-0.4, -0.2) is 49.1 Å². The van der Waals surface area contributed by atoms with Gasteiger partial charge in [0.2, 0.25) is 5.91 Å². The van der Waals surface area contributed by atoms with E-state index in [1.165, 1.54) is 24.3 Å². The van der Waals surface area contributed by atoms with Crippen LogP contribution in [0.5, 0.6) is 0 Å². The predicted octanol–water partition coefficient (Wildman–Crippen LogP) is 2.14. The molecule has 0 bridgehead atoms. The van der Waals surface area contributed by atoms with Gasteiger partial charge in [-0.15, -0.1) is 0 Å². The van der Waals surface area contributed by atoms with Gasteiger partial charge in [0, 0.05) is 29.5 Å². The van der Waals surface area contributed by atoms with Crippen LogP contribution in [0.1, 0.15) is 32.7 Å². The van der Waals surface area contributed by atoms with Crippen LogP contribution in [0.3, 0.4) is 0 Å². The van der Waals surface area contributed by atoms with Gasteiger partial charge in [-0.3, -0.25) is 19.3 Å². The molecule has 10 heteroatoms.